The summed E-state index contributed by atoms with van der Waals surface area (Å²) in [5.41, 5.74) is 4.18. The summed E-state index contributed by atoms with van der Waals surface area (Å²) in [4.78, 5) is 22.3. The highest BCUT2D eigenvalue weighted by Crippen LogP contribution is 2.15. The van der Waals surface area contributed by atoms with Crippen LogP contribution in [0.3, 0.4) is 0 Å². The van der Waals surface area contributed by atoms with Crippen molar-refractivity contribution in [3.8, 4) is 5.69 Å². The van der Waals surface area contributed by atoms with Crippen molar-refractivity contribution in [2.24, 2.45) is 5.10 Å². The first-order valence-corrected chi connectivity index (χ1v) is 8.21. The van der Waals surface area contributed by atoms with Crippen molar-refractivity contribution in [1.29, 1.82) is 0 Å². The number of nitro benzene ring substituents is 1. The number of rotatable bonds is 5. The number of nitro groups is 1. The quantitative estimate of drug-likeness (QED) is 0.393. The summed E-state index contributed by atoms with van der Waals surface area (Å²) in [6.45, 7) is 0. The maximum absolute atomic E-state index is 12.1. The Hall–Kier alpha value is -3.33. The first kappa shape index (κ1) is 17.5. The van der Waals surface area contributed by atoms with Crippen LogP contribution in [0.5, 0.6) is 0 Å². The third-order valence-corrected chi connectivity index (χ3v) is 3.95. The van der Waals surface area contributed by atoms with Crippen LogP contribution in [-0.4, -0.2) is 26.8 Å². The van der Waals surface area contributed by atoms with Crippen LogP contribution in [0.15, 0.2) is 70.5 Å². The second-order valence-electron chi connectivity index (χ2n) is 5.20. The number of nitrogens with zero attached hydrogens (tertiary/aromatic N) is 4. The molecule has 1 heterocycles. The molecule has 3 aromatic rings. The lowest BCUT2D eigenvalue weighted by molar-refractivity contribution is -0.384. The normalized spacial score (nSPS) is 10.8. The SMILES string of the molecule is O=C(N/N=C\c1ccc(Br)cc1)c1cnn(-c2ccc([N+](=O)[O-])cc2)c1. The molecule has 8 nitrogen and oxygen atoms in total. The lowest BCUT2D eigenvalue weighted by atomic mass is 10.2. The predicted molar refractivity (Wildman–Crippen MR) is 99.4 cm³/mol. The van der Waals surface area contributed by atoms with Gasteiger partial charge in [-0.3, -0.25) is 14.9 Å². The highest BCUT2D eigenvalue weighted by atomic mass is 79.9. The number of benzene rings is 2. The molecule has 0 spiro atoms. The van der Waals surface area contributed by atoms with E-state index in [1.54, 1.807) is 12.1 Å². The molecule has 130 valence electrons. The van der Waals surface area contributed by atoms with Crippen molar-refractivity contribution < 1.29 is 9.72 Å². The molecule has 0 unspecified atom stereocenters. The molecular formula is C17H12BrN5O3. The first-order chi connectivity index (χ1) is 12.5. The molecular weight excluding hydrogens is 402 g/mol. The van der Waals surface area contributed by atoms with Gasteiger partial charge in [-0.05, 0) is 29.8 Å². The van der Waals surface area contributed by atoms with Crippen molar-refractivity contribution in [1.82, 2.24) is 15.2 Å². The number of halogens is 1. The van der Waals surface area contributed by atoms with Crippen molar-refractivity contribution in [2.75, 3.05) is 0 Å². The van der Waals surface area contributed by atoms with E-state index in [1.165, 1.54) is 35.4 Å². The van der Waals surface area contributed by atoms with E-state index >= 15 is 0 Å². The number of amides is 1. The van der Waals surface area contributed by atoms with E-state index < -0.39 is 10.8 Å². The topological polar surface area (TPSA) is 102 Å². The summed E-state index contributed by atoms with van der Waals surface area (Å²) < 4.78 is 2.41. The van der Waals surface area contributed by atoms with E-state index in [4.69, 9.17) is 0 Å². The fraction of sp³-hybridized carbons (Fsp3) is 0. The zero-order valence-electron chi connectivity index (χ0n) is 13.2. The molecule has 0 radical (unpaired) electrons. The molecule has 26 heavy (non-hydrogen) atoms. The van der Waals surface area contributed by atoms with Gasteiger partial charge in [-0.1, -0.05) is 28.1 Å². The second kappa shape index (κ2) is 7.70. The van der Waals surface area contributed by atoms with Crippen LogP contribution >= 0.6 is 15.9 Å². The number of hydrogen-bond acceptors (Lipinski definition) is 5. The third-order valence-electron chi connectivity index (χ3n) is 3.42. The van der Waals surface area contributed by atoms with E-state index in [1.807, 2.05) is 24.3 Å². The highest BCUT2D eigenvalue weighted by Gasteiger charge is 2.10. The van der Waals surface area contributed by atoms with Gasteiger partial charge >= 0.3 is 0 Å². The largest absolute Gasteiger partial charge is 0.274 e. The predicted octanol–water partition coefficient (Wildman–Crippen LogP) is 3.31. The molecule has 1 N–H and O–H groups in total. The van der Waals surface area contributed by atoms with Crippen LogP contribution in [0.25, 0.3) is 5.69 Å². The number of carbonyl (C=O) groups excluding carboxylic acids is 1. The number of nitrogens with one attached hydrogen (secondary N) is 1. The minimum Gasteiger partial charge on any atom is -0.267 e. The lowest BCUT2D eigenvalue weighted by Crippen LogP contribution is -2.16. The third kappa shape index (κ3) is 4.19. The molecule has 0 aliphatic carbocycles. The zero-order valence-corrected chi connectivity index (χ0v) is 14.8. The standard InChI is InChI=1S/C17H12BrN5O3/c18-14-3-1-12(2-4-14)9-19-21-17(24)13-10-20-22(11-13)15-5-7-16(8-6-15)23(25)26/h1-11H,(H,21,24)/b19-9-. The molecule has 0 saturated heterocycles. The Kier molecular flexibility index (Phi) is 5.18. The van der Waals surface area contributed by atoms with Crippen LogP contribution in [-0.2, 0) is 0 Å². The number of hydrazone groups is 1. The number of aromatic nitrogens is 2. The Bertz CT molecular complexity index is 965. The van der Waals surface area contributed by atoms with Gasteiger partial charge in [0.15, 0.2) is 0 Å². The van der Waals surface area contributed by atoms with Gasteiger partial charge < -0.3 is 0 Å². The molecule has 0 saturated carbocycles. The maximum atomic E-state index is 12.1. The van der Waals surface area contributed by atoms with Crippen molar-refractivity contribution in [3.63, 3.8) is 0 Å². The number of hydrogen-bond donors (Lipinski definition) is 1. The Balaban J connectivity index is 1.65. The van der Waals surface area contributed by atoms with Crippen LogP contribution in [0.1, 0.15) is 15.9 Å². The molecule has 1 aromatic heterocycles. The summed E-state index contributed by atoms with van der Waals surface area (Å²) in [6, 6.07) is 13.3. The van der Waals surface area contributed by atoms with Gasteiger partial charge in [0, 0.05) is 22.8 Å². The van der Waals surface area contributed by atoms with E-state index in [0.29, 0.717) is 11.3 Å². The fourth-order valence-electron chi connectivity index (χ4n) is 2.09. The summed E-state index contributed by atoms with van der Waals surface area (Å²) in [5, 5.41) is 18.7. The molecule has 9 heteroatoms. The van der Waals surface area contributed by atoms with Gasteiger partial charge in [-0.25, -0.2) is 10.1 Å². The Morgan fingerprint density at radius 2 is 1.88 bits per heavy atom. The van der Waals surface area contributed by atoms with E-state index in [2.05, 4.69) is 31.6 Å². The van der Waals surface area contributed by atoms with Gasteiger partial charge in [0.1, 0.15) is 0 Å². The molecule has 0 aliphatic heterocycles. The van der Waals surface area contributed by atoms with Crippen molar-refractivity contribution >= 4 is 33.7 Å². The van der Waals surface area contributed by atoms with Gasteiger partial charge in [0.25, 0.3) is 11.6 Å². The highest BCUT2D eigenvalue weighted by molar-refractivity contribution is 9.10. The smallest absolute Gasteiger partial charge is 0.267 e. The van der Waals surface area contributed by atoms with Crippen molar-refractivity contribution in [3.05, 3.63) is 86.6 Å². The maximum Gasteiger partial charge on any atom is 0.274 e. The zero-order chi connectivity index (χ0) is 18.5. The fourth-order valence-corrected chi connectivity index (χ4v) is 2.35. The lowest BCUT2D eigenvalue weighted by Gasteiger charge is -2.00. The van der Waals surface area contributed by atoms with Crippen LogP contribution < -0.4 is 5.43 Å². The van der Waals surface area contributed by atoms with Gasteiger partial charge in [0.05, 0.1) is 28.6 Å². The molecule has 0 atom stereocenters. The van der Waals surface area contributed by atoms with Gasteiger partial charge in [-0.2, -0.15) is 10.2 Å². The summed E-state index contributed by atoms with van der Waals surface area (Å²) >= 11 is 3.34. The molecule has 3 rings (SSSR count). The Morgan fingerprint density at radius 3 is 2.54 bits per heavy atom. The summed E-state index contributed by atoms with van der Waals surface area (Å²) in [7, 11) is 0. The Labute approximate surface area is 156 Å². The van der Waals surface area contributed by atoms with Crippen LogP contribution in [0, 0.1) is 10.1 Å². The molecule has 1 amide bonds. The minimum absolute atomic E-state index is 0.0128. The van der Waals surface area contributed by atoms with E-state index in [-0.39, 0.29) is 5.69 Å². The number of non-ortho nitro benzene ring substituents is 1. The minimum atomic E-state index is -0.477. The molecule has 0 bridgehead atoms. The molecule has 0 fully saturated rings. The van der Waals surface area contributed by atoms with Crippen LogP contribution in [0.2, 0.25) is 0 Å². The van der Waals surface area contributed by atoms with Crippen molar-refractivity contribution in [2.45, 2.75) is 0 Å². The average molecular weight is 414 g/mol. The number of carbonyl (C=O) groups is 1. The van der Waals surface area contributed by atoms with Gasteiger partial charge in [0.2, 0.25) is 0 Å². The summed E-state index contributed by atoms with van der Waals surface area (Å²) in [5.74, 6) is -0.411. The molecule has 2 aromatic carbocycles. The Morgan fingerprint density at radius 1 is 1.19 bits per heavy atom. The second-order valence-corrected chi connectivity index (χ2v) is 6.11. The summed E-state index contributed by atoms with van der Waals surface area (Å²) in [6.07, 6.45) is 4.45. The van der Waals surface area contributed by atoms with E-state index in [0.717, 1.165) is 10.0 Å². The van der Waals surface area contributed by atoms with E-state index in [9.17, 15) is 14.9 Å². The monoisotopic (exact) mass is 413 g/mol. The first-order valence-electron chi connectivity index (χ1n) is 7.41. The van der Waals surface area contributed by atoms with Crippen LogP contribution in [0.4, 0.5) is 5.69 Å². The van der Waals surface area contributed by atoms with Gasteiger partial charge in [-0.15, -0.1) is 0 Å². The average Bonchev–Trinajstić information content (AvgIpc) is 3.13. The molecule has 0 aliphatic rings.